The number of hydrogen-bond acceptors (Lipinski definition) is 1. The summed E-state index contributed by atoms with van der Waals surface area (Å²) in [5, 5.41) is 0. The summed E-state index contributed by atoms with van der Waals surface area (Å²) >= 11 is 0. The molecule has 0 aliphatic heterocycles. The third-order valence-corrected chi connectivity index (χ3v) is 8.02. The van der Waals surface area contributed by atoms with E-state index in [4.69, 9.17) is 5.73 Å². The minimum atomic E-state index is -0.245. The molecule has 0 unspecified atom stereocenters. The Hall–Kier alpha value is -1.05. The molecule has 0 atom stereocenters. The molecule has 1 amide bonds. The van der Waals surface area contributed by atoms with E-state index >= 15 is 0 Å². The number of unbranched alkanes of at least 4 members (excludes halogenated alkanes) is 26. The molecule has 0 fully saturated rings. The number of primary amides is 1. The van der Waals surface area contributed by atoms with Crippen LogP contribution in [-0.4, -0.2) is 5.91 Å². The van der Waals surface area contributed by atoms with Gasteiger partial charge in [0.2, 0.25) is 5.91 Å². The lowest BCUT2D eigenvalue weighted by molar-refractivity contribution is -0.114. The summed E-state index contributed by atoms with van der Waals surface area (Å²) in [5.74, 6) is -0.245. The molecule has 0 bridgehead atoms. The van der Waals surface area contributed by atoms with E-state index < -0.39 is 0 Å². The molecule has 38 heavy (non-hydrogen) atoms. The van der Waals surface area contributed by atoms with Crippen LogP contribution in [-0.2, 0) is 4.79 Å². The lowest BCUT2D eigenvalue weighted by Crippen LogP contribution is -2.13. The fraction of sp³-hybridized carbons (Fsp3) is 0.861. The second-order valence-electron chi connectivity index (χ2n) is 11.9. The second kappa shape index (κ2) is 32.2. The van der Waals surface area contributed by atoms with Crippen LogP contribution in [0.2, 0.25) is 0 Å². The van der Waals surface area contributed by atoms with Gasteiger partial charge in [0.25, 0.3) is 0 Å². The average molecular weight is 532 g/mol. The van der Waals surface area contributed by atoms with Gasteiger partial charge < -0.3 is 5.73 Å². The van der Waals surface area contributed by atoms with Crippen LogP contribution in [0.4, 0.5) is 0 Å². The van der Waals surface area contributed by atoms with Gasteiger partial charge in [0, 0.05) is 5.57 Å². The molecule has 0 aliphatic carbocycles. The molecular weight excluding hydrogens is 462 g/mol. The minimum Gasteiger partial charge on any atom is -0.366 e. The lowest BCUT2D eigenvalue weighted by Gasteiger charge is -2.04. The van der Waals surface area contributed by atoms with Crippen LogP contribution in [0.3, 0.4) is 0 Å². The van der Waals surface area contributed by atoms with Crippen molar-refractivity contribution >= 4 is 5.91 Å². The van der Waals surface area contributed by atoms with Crippen molar-refractivity contribution in [3.8, 4) is 0 Å². The van der Waals surface area contributed by atoms with Gasteiger partial charge in [0.05, 0.1) is 0 Å². The zero-order valence-electron chi connectivity index (χ0n) is 26.2. The van der Waals surface area contributed by atoms with Gasteiger partial charge in [-0.2, -0.15) is 0 Å². The third-order valence-electron chi connectivity index (χ3n) is 8.02. The topological polar surface area (TPSA) is 43.1 Å². The summed E-state index contributed by atoms with van der Waals surface area (Å²) in [6.07, 6.45) is 45.3. The molecule has 0 spiro atoms. The fourth-order valence-corrected chi connectivity index (χ4v) is 5.36. The Balaban J connectivity index is 3.54. The Morgan fingerprint density at radius 3 is 1.13 bits per heavy atom. The number of amides is 1. The van der Waals surface area contributed by atoms with E-state index in [1.165, 1.54) is 167 Å². The molecule has 0 rings (SSSR count). The summed E-state index contributed by atoms with van der Waals surface area (Å²) in [4.78, 5) is 11.8. The first-order chi connectivity index (χ1) is 18.7. The lowest BCUT2D eigenvalue weighted by atomic mass is 10.0. The SMILES string of the molecule is CCCCCCCCCCCCCC=CC=C(CCCCCCCCCCCCCCCCCC)C(N)=O. The Morgan fingerprint density at radius 2 is 0.789 bits per heavy atom. The van der Waals surface area contributed by atoms with E-state index in [-0.39, 0.29) is 5.91 Å². The van der Waals surface area contributed by atoms with Crippen LogP contribution < -0.4 is 5.73 Å². The molecule has 0 heterocycles. The molecular formula is C36H69NO. The van der Waals surface area contributed by atoms with Crippen LogP contribution in [0.5, 0.6) is 0 Å². The van der Waals surface area contributed by atoms with Crippen molar-refractivity contribution < 1.29 is 4.79 Å². The van der Waals surface area contributed by atoms with Gasteiger partial charge in [0.15, 0.2) is 0 Å². The molecule has 0 aliphatic rings. The zero-order chi connectivity index (χ0) is 27.8. The van der Waals surface area contributed by atoms with E-state index in [1.54, 1.807) is 0 Å². The van der Waals surface area contributed by atoms with Crippen molar-refractivity contribution in [2.45, 2.75) is 200 Å². The Bertz CT molecular complexity index is 535. The summed E-state index contributed by atoms with van der Waals surface area (Å²) < 4.78 is 0. The van der Waals surface area contributed by atoms with Crippen LogP contribution in [0.25, 0.3) is 0 Å². The zero-order valence-corrected chi connectivity index (χ0v) is 26.2. The van der Waals surface area contributed by atoms with Crippen LogP contribution in [0.15, 0.2) is 23.8 Å². The van der Waals surface area contributed by atoms with Crippen LogP contribution >= 0.6 is 0 Å². The number of allylic oxidation sites excluding steroid dienone is 3. The Morgan fingerprint density at radius 1 is 0.474 bits per heavy atom. The largest absolute Gasteiger partial charge is 0.366 e. The van der Waals surface area contributed by atoms with Gasteiger partial charge >= 0.3 is 0 Å². The Labute approximate surface area is 240 Å². The normalized spacial score (nSPS) is 12.1. The molecule has 2 heteroatoms. The van der Waals surface area contributed by atoms with Crippen molar-refractivity contribution in [3.05, 3.63) is 23.8 Å². The maximum absolute atomic E-state index is 11.8. The molecule has 2 nitrogen and oxygen atoms in total. The standard InChI is InChI=1S/C36H69NO/c1-3-5-7-9-11-13-15-17-19-20-22-24-26-28-30-32-34-35(36(37)38)33-31-29-27-25-23-21-18-16-14-12-10-8-6-4-2/h29,31,33H,3-28,30,32,34H2,1-2H3,(H2,37,38). The number of rotatable bonds is 31. The second-order valence-corrected chi connectivity index (χ2v) is 11.9. The van der Waals surface area contributed by atoms with Gasteiger partial charge in [-0.25, -0.2) is 0 Å². The van der Waals surface area contributed by atoms with E-state index in [1.807, 2.05) is 6.08 Å². The highest BCUT2D eigenvalue weighted by molar-refractivity contribution is 5.92. The number of hydrogen-bond donors (Lipinski definition) is 1. The van der Waals surface area contributed by atoms with Gasteiger partial charge in [0.1, 0.15) is 0 Å². The number of nitrogens with two attached hydrogens (primary N) is 1. The molecule has 224 valence electrons. The first-order valence-electron chi connectivity index (χ1n) is 17.4. The van der Waals surface area contributed by atoms with Crippen LogP contribution in [0.1, 0.15) is 200 Å². The molecule has 0 saturated heterocycles. The molecule has 0 radical (unpaired) electrons. The van der Waals surface area contributed by atoms with Gasteiger partial charge in [-0.15, -0.1) is 0 Å². The highest BCUT2D eigenvalue weighted by Gasteiger charge is 2.03. The molecule has 0 aromatic carbocycles. The van der Waals surface area contributed by atoms with E-state index in [9.17, 15) is 4.79 Å². The number of carbonyl (C=O) groups excluding carboxylic acids is 1. The van der Waals surface area contributed by atoms with Crippen molar-refractivity contribution in [1.29, 1.82) is 0 Å². The summed E-state index contributed by atoms with van der Waals surface area (Å²) in [6, 6.07) is 0. The molecule has 2 N–H and O–H groups in total. The van der Waals surface area contributed by atoms with E-state index in [0.717, 1.165) is 24.8 Å². The summed E-state index contributed by atoms with van der Waals surface area (Å²) in [7, 11) is 0. The van der Waals surface area contributed by atoms with E-state index in [2.05, 4.69) is 26.0 Å². The van der Waals surface area contributed by atoms with Gasteiger partial charge in [-0.05, 0) is 25.7 Å². The summed E-state index contributed by atoms with van der Waals surface area (Å²) in [6.45, 7) is 4.57. The first-order valence-corrected chi connectivity index (χ1v) is 17.4. The van der Waals surface area contributed by atoms with Gasteiger partial charge in [-0.1, -0.05) is 193 Å². The minimum absolute atomic E-state index is 0.245. The quantitative estimate of drug-likeness (QED) is 0.0539. The van der Waals surface area contributed by atoms with Crippen molar-refractivity contribution in [3.63, 3.8) is 0 Å². The van der Waals surface area contributed by atoms with E-state index in [0.29, 0.717) is 0 Å². The smallest absolute Gasteiger partial charge is 0.244 e. The first kappa shape index (κ1) is 37.0. The average Bonchev–Trinajstić information content (AvgIpc) is 2.91. The summed E-state index contributed by atoms with van der Waals surface area (Å²) in [5.41, 5.74) is 6.41. The predicted octanol–water partition coefficient (Wildman–Crippen LogP) is 12.3. The predicted molar refractivity (Wildman–Crippen MR) is 172 cm³/mol. The Kier molecular flexibility index (Phi) is 31.3. The molecule has 0 aromatic rings. The van der Waals surface area contributed by atoms with Crippen molar-refractivity contribution in [1.82, 2.24) is 0 Å². The van der Waals surface area contributed by atoms with Crippen molar-refractivity contribution in [2.24, 2.45) is 5.73 Å². The van der Waals surface area contributed by atoms with Crippen LogP contribution in [0, 0.1) is 0 Å². The maximum Gasteiger partial charge on any atom is 0.244 e. The highest BCUT2D eigenvalue weighted by atomic mass is 16.1. The fourth-order valence-electron chi connectivity index (χ4n) is 5.36. The third kappa shape index (κ3) is 29.5. The maximum atomic E-state index is 11.8. The molecule has 0 saturated carbocycles. The van der Waals surface area contributed by atoms with Crippen molar-refractivity contribution in [2.75, 3.05) is 0 Å². The molecule has 0 aromatic heterocycles. The monoisotopic (exact) mass is 532 g/mol. The van der Waals surface area contributed by atoms with Gasteiger partial charge in [-0.3, -0.25) is 4.79 Å². The highest BCUT2D eigenvalue weighted by Crippen LogP contribution is 2.16. The number of carbonyl (C=O) groups is 1.